The largest absolute Gasteiger partial charge is 0.495 e. The number of sulfonamides is 1. The second kappa shape index (κ2) is 10.6. The first-order valence-electron chi connectivity index (χ1n) is 11.2. The molecule has 2 aromatic rings. The average Bonchev–Trinajstić information content (AvgIpc) is 2.75. The van der Waals surface area contributed by atoms with Gasteiger partial charge < -0.3 is 14.8 Å². The van der Waals surface area contributed by atoms with Crippen LogP contribution < -0.4 is 10.1 Å². The summed E-state index contributed by atoms with van der Waals surface area (Å²) in [6, 6.07) is 9.71. The molecule has 2 atom stereocenters. The Balaban J connectivity index is 1.74. The molecule has 0 aliphatic carbocycles. The number of rotatable bonds is 7. The van der Waals surface area contributed by atoms with Crippen LogP contribution in [0.3, 0.4) is 0 Å². The number of methoxy groups -OCH3 is 1. The van der Waals surface area contributed by atoms with Crippen LogP contribution in [0.15, 0.2) is 41.3 Å². The Morgan fingerprint density at radius 2 is 1.65 bits per heavy atom. The fourth-order valence-electron chi connectivity index (χ4n) is 4.40. The molecule has 34 heavy (non-hydrogen) atoms. The number of benzene rings is 2. The molecule has 1 amide bonds. The van der Waals surface area contributed by atoms with Crippen molar-refractivity contribution in [3.63, 3.8) is 0 Å². The number of hydrogen-bond acceptors (Lipinski definition) is 6. The highest BCUT2D eigenvalue weighted by atomic mass is 32.2. The highest BCUT2D eigenvalue weighted by Gasteiger charge is 2.34. The Morgan fingerprint density at radius 1 is 1.03 bits per heavy atom. The molecule has 0 saturated carbocycles. The molecule has 8 nitrogen and oxygen atoms in total. The third-order valence-electron chi connectivity index (χ3n) is 5.69. The predicted molar refractivity (Wildman–Crippen MR) is 130 cm³/mol. The monoisotopic (exact) mass is 488 g/mol. The van der Waals surface area contributed by atoms with Crippen LogP contribution in [0, 0.1) is 25.7 Å². The maximum absolute atomic E-state index is 13.4. The summed E-state index contributed by atoms with van der Waals surface area (Å²) in [6.45, 7) is 8.19. The number of hydrogen-bond donors (Lipinski definition) is 1. The van der Waals surface area contributed by atoms with E-state index in [4.69, 9.17) is 9.47 Å². The smallest absolute Gasteiger partial charge is 0.338 e. The lowest BCUT2D eigenvalue weighted by Gasteiger charge is -2.34. The first-order valence-corrected chi connectivity index (χ1v) is 12.7. The summed E-state index contributed by atoms with van der Waals surface area (Å²) < 4.78 is 38.6. The summed E-state index contributed by atoms with van der Waals surface area (Å²) in [7, 11) is -2.51. The quantitative estimate of drug-likeness (QED) is 0.595. The third kappa shape index (κ3) is 6.15. The molecule has 0 bridgehead atoms. The number of amides is 1. The molecule has 2 aromatic carbocycles. The lowest BCUT2D eigenvalue weighted by Crippen LogP contribution is -2.42. The average molecular weight is 489 g/mol. The van der Waals surface area contributed by atoms with Gasteiger partial charge in [-0.15, -0.1) is 0 Å². The molecule has 0 aromatic heterocycles. The van der Waals surface area contributed by atoms with Crippen molar-refractivity contribution in [3.8, 4) is 5.75 Å². The van der Waals surface area contributed by atoms with Gasteiger partial charge in [-0.1, -0.05) is 19.9 Å². The van der Waals surface area contributed by atoms with E-state index in [9.17, 15) is 18.0 Å². The standard InChI is InChI=1S/C25H32N2O6S/c1-16-8-17(2)11-21(10-16)26-24(28)15-33-25(29)20-6-7-22(32-5)23(12-20)34(30,31)27-13-18(3)9-19(4)14-27/h6-8,10-12,18-19H,9,13-15H2,1-5H3,(H,26,28). The van der Waals surface area contributed by atoms with Crippen LogP contribution in [-0.4, -0.2) is 51.4 Å². The lowest BCUT2D eigenvalue weighted by molar-refractivity contribution is -0.119. The van der Waals surface area contributed by atoms with Crippen LogP contribution in [0.5, 0.6) is 5.75 Å². The van der Waals surface area contributed by atoms with Crippen LogP contribution in [0.4, 0.5) is 5.69 Å². The van der Waals surface area contributed by atoms with Gasteiger partial charge in [0.15, 0.2) is 6.61 Å². The number of nitrogens with zero attached hydrogens (tertiary/aromatic N) is 1. The number of carbonyl (C=O) groups is 2. The minimum atomic E-state index is -3.89. The molecule has 1 N–H and O–H groups in total. The first-order chi connectivity index (χ1) is 16.0. The van der Waals surface area contributed by atoms with Gasteiger partial charge in [-0.05, 0) is 73.6 Å². The van der Waals surface area contributed by atoms with Gasteiger partial charge in [-0.3, -0.25) is 4.79 Å². The number of esters is 1. The third-order valence-corrected chi connectivity index (χ3v) is 7.55. The van der Waals surface area contributed by atoms with Crippen molar-refractivity contribution in [1.82, 2.24) is 4.31 Å². The Hall–Kier alpha value is -2.91. The summed E-state index contributed by atoms with van der Waals surface area (Å²) in [5, 5.41) is 2.70. The van der Waals surface area contributed by atoms with Gasteiger partial charge in [-0.25, -0.2) is 13.2 Å². The second-order valence-electron chi connectivity index (χ2n) is 9.13. The molecular weight excluding hydrogens is 456 g/mol. The summed E-state index contributed by atoms with van der Waals surface area (Å²) in [4.78, 5) is 24.8. The van der Waals surface area contributed by atoms with Gasteiger partial charge in [0.25, 0.3) is 5.91 Å². The van der Waals surface area contributed by atoms with Crippen LogP contribution in [-0.2, 0) is 19.6 Å². The van der Waals surface area contributed by atoms with E-state index in [1.807, 2.05) is 45.9 Å². The first kappa shape index (κ1) is 25.7. The van der Waals surface area contributed by atoms with Crippen LogP contribution in [0.2, 0.25) is 0 Å². The van der Waals surface area contributed by atoms with E-state index in [0.29, 0.717) is 18.8 Å². The molecule has 184 valence electrons. The summed E-state index contributed by atoms with van der Waals surface area (Å²) in [5.41, 5.74) is 2.63. The fraction of sp³-hybridized carbons (Fsp3) is 0.440. The summed E-state index contributed by atoms with van der Waals surface area (Å²) in [5.74, 6) is -0.678. The number of carbonyl (C=O) groups excluding carboxylic acids is 2. The van der Waals surface area contributed by atoms with Gasteiger partial charge in [0.1, 0.15) is 10.6 Å². The normalized spacial score (nSPS) is 18.9. The van der Waals surface area contributed by atoms with Gasteiger partial charge in [0, 0.05) is 18.8 Å². The van der Waals surface area contributed by atoms with Crippen molar-refractivity contribution in [3.05, 3.63) is 53.1 Å². The fourth-order valence-corrected chi connectivity index (χ4v) is 6.27. The van der Waals surface area contributed by atoms with Crippen molar-refractivity contribution in [1.29, 1.82) is 0 Å². The maximum atomic E-state index is 13.4. The minimum absolute atomic E-state index is 0.0247. The van der Waals surface area contributed by atoms with E-state index in [0.717, 1.165) is 17.5 Å². The van der Waals surface area contributed by atoms with E-state index >= 15 is 0 Å². The highest BCUT2D eigenvalue weighted by molar-refractivity contribution is 7.89. The zero-order valence-electron chi connectivity index (χ0n) is 20.3. The van der Waals surface area contributed by atoms with E-state index in [1.165, 1.54) is 29.6 Å². The molecule has 9 heteroatoms. The second-order valence-corrected chi connectivity index (χ2v) is 11.0. The predicted octanol–water partition coefficient (Wildman–Crippen LogP) is 3.77. The topological polar surface area (TPSA) is 102 Å². The zero-order chi connectivity index (χ0) is 25.0. The molecule has 0 spiro atoms. The number of ether oxygens (including phenoxy) is 2. The van der Waals surface area contributed by atoms with Crippen LogP contribution in [0.1, 0.15) is 41.8 Å². The minimum Gasteiger partial charge on any atom is -0.495 e. The molecule has 1 saturated heterocycles. The van der Waals surface area contributed by atoms with Crippen molar-refractivity contribution in [2.75, 3.05) is 32.1 Å². The molecule has 1 aliphatic rings. The van der Waals surface area contributed by atoms with Gasteiger partial charge >= 0.3 is 5.97 Å². The number of nitrogens with one attached hydrogen (secondary N) is 1. The molecule has 1 heterocycles. The lowest BCUT2D eigenvalue weighted by atomic mass is 9.94. The number of aryl methyl sites for hydroxylation is 2. The van der Waals surface area contributed by atoms with Crippen LogP contribution in [0.25, 0.3) is 0 Å². The molecule has 2 unspecified atom stereocenters. The Labute approximate surface area is 201 Å². The van der Waals surface area contributed by atoms with Gasteiger partial charge in [0.2, 0.25) is 10.0 Å². The highest BCUT2D eigenvalue weighted by Crippen LogP contribution is 2.32. The molecule has 1 aliphatic heterocycles. The van der Waals surface area contributed by atoms with Crippen molar-refractivity contribution >= 4 is 27.6 Å². The summed E-state index contributed by atoms with van der Waals surface area (Å²) >= 11 is 0. The van der Waals surface area contributed by atoms with E-state index < -0.39 is 28.5 Å². The Morgan fingerprint density at radius 3 is 2.24 bits per heavy atom. The van der Waals surface area contributed by atoms with Gasteiger partial charge in [0.05, 0.1) is 12.7 Å². The molecule has 1 fully saturated rings. The molecule has 3 rings (SSSR count). The van der Waals surface area contributed by atoms with Crippen molar-refractivity contribution < 1.29 is 27.5 Å². The molecule has 0 radical (unpaired) electrons. The van der Waals surface area contributed by atoms with E-state index in [2.05, 4.69) is 5.32 Å². The van der Waals surface area contributed by atoms with Crippen LogP contribution >= 0.6 is 0 Å². The number of piperidine rings is 1. The van der Waals surface area contributed by atoms with Gasteiger partial charge in [-0.2, -0.15) is 4.31 Å². The van der Waals surface area contributed by atoms with Crippen molar-refractivity contribution in [2.24, 2.45) is 11.8 Å². The SMILES string of the molecule is COc1ccc(C(=O)OCC(=O)Nc2cc(C)cc(C)c2)cc1S(=O)(=O)N1CC(C)CC(C)C1. The van der Waals surface area contributed by atoms with Crippen molar-refractivity contribution in [2.45, 2.75) is 39.0 Å². The zero-order valence-corrected chi connectivity index (χ0v) is 21.1. The number of anilines is 1. The Bertz CT molecular complexity index is 1150. The Kier molecular flexibility index (Phi) is 7.99. The van der Waals surface area contributed by atoms with E-state index in [-0.39, 0.29) is 28.0 Å². The van der Waals surface area contributed by atoms with E-state index in [1.54, 1.807) is 0 Å². The summed E-state index contributed by atoms with van der Waals surface area (Å²) in [6.07, 6.45) is 0.958. The molecular formula is C25H32N2O6S. The maximum Gasteiger partial charge on any atom is 0.338 e.